The van der Waals surface area contributed by atoms with E-state index >= 15 is 0 Å². The third-order valence-corrected chi connectivity index (χ3v) is 3.47. The molecule has 2 aromatic carbocycles. The molecular weight excluding hydrogens is 276 g/mol. The Balaban J connectivity index is 2.34. The Morgan fingerprint density at radius 1 is 1.18 bits per heavy atom. The van der Waals surface area contributed by atoms with Crippen molar-refractivity contribution >= 4 is 16.7 Å². The van der Waals surface area contributed by atoms with Gasteiger partial charge in [-0.1, -0.05) is 36.4 Å². The van der Waals surface area contributed by atoms with E-state index in [1.54, 1.807) is 20.8 Å². The van der Waals surface area contributed by atoms with Crippen LogP contribution in [0.4, 0.5) is 0 Å². The molecule has 0 aliphatic rings. The van der Waals surface area contributed by atoms with Gasteiger partial charge in [0.15, 0.2) is 0 Å². The summed E-state index contributed by atoms with van der Waals surface area (Å²) in [5, 5.41) is 12.6. The Labute approximate surface area is 130 Å². The normalized spacial score (nSPS) is 11.6. The Bertz CT molecular complexity index is 752. The first-order valence-corrected chi connectivity index (χ1v) is 7.30. The van der Waals surface area contributed by atoms with Gasteiger partial charge in [0.1, 0.15) is 6.10 Å². The molecule has 22 heavy (non-hydrogen) atoms. The van der Waals surface area contributed by atoms with Gasteiger partial charge in [-0.15, -0.1) is 5.73 Å². The third-order valence-electron chi connectivity index (χ3n) is 3.47. The molecule has 114 valence electrons. The number of ether oxygens (including phenoxy) is 1. The van der Waals surface area contributed by atoms with Crippen molar-refractivity contribution in [2.45, 2.75) is 26.9 Å². The number of fused-ring (bicyclic) bond motifs is 1. The molecule has 1 atom stereocenters. The van der Waals surface area contributed by atoms with Crippen LogP contribution < -0.4 is 0 Å². The van der Waals surface area contributed by atoms with Gasteiger partial charge in [-0.25, -0.2) is 4.79 Å². The fourth-order valence-electron chi connectivity index (χ4n) is 2.28. The van der Waals surface area contributed by atoms with Gasteiger partial charge < -0.3 is 9.84 Å². The van der Waals surface area contributed by atoms with Crippen molar-refractivity contribution in [2.75, 3.05) is 6.61 Å². The van der Waals surface area contributed by atoms with Gasteiger partial charge in [-0.3, -0.25) is 0 Å². The first-order valence-electron chi connectivity index (χ1n) is 7.30. The fraction of sp³-hybridized carbons (Fsp3) is 0.263. The standard InChI is InChI=1S/C19H20O3/c1-4-22-19(21)14(3)11-13(2)18(20)17-10-9-15-7-5-6-8-16(15)12-17/h5-10,12,18,20H,4H2,1-3H3/t11?,18-/m1/s1. The van der Waals surface area contributed by atoms with Gasteiger partial charge in [0.2, 0.25) is 0 Å². The second kappa shape index (κ2) is 7.08. The van der Waals surface area contributed by atoms with E-state index in [4.69, 9.17) is 4.74 Å². The molecule has 1 N–H and O–H groups in total. The molecule has 0 radical (unpaired) electrons. The smallest absolute Gasteiger partial charge is 0.341 e. The predicted octanol–water partition coefficient (Wildman–Crippen LogP) is 3.93. The van der Waals surface area contributed by atoms with E-state index in [0.29, 0.717) is 17.8 Å². The summed E-state index contributed by atoms with van der Waals surface area (Å²) in [6.45, 7) is 5.47. The lowest BCUT2D eigenvalue weighted by Gasteiger charge is -2.11. The molecular formula is C19H20O3. The highest BCUT2D eigenvalue weighted by Crippen LogP contribution is 2.24. The van der Waals surface area contributed by atoms with Crippen LogP contribution >= 0.6 is 0 Å². The van der Waals surface area contributed by atoms with Crippen molar-refractivity contribution < 1.29 is 14.6 Å². The van der Waals surface area contributed by atoms with E-state index < -0.39 is 12.1 Å². The molecule has 0 saturated heterocycles. The lowest BCUT2D eigenvalue weighted by molar-refractivity contribution is -0.138. The molecule has 0 spiro atoms. The minimum atomic E-state index is -0.797. The van der Waals surface area contributed by atoms with Crippen LogP contribution in [0.5, 0.6) is 0 Å². The van der Waals surface area contributed by atoms with E-state index in [2.05, 4.69) is 5.73 Å². The molecule has 0 aliphatic heterocycles. The number of rotatable bonds is 4. The summed E-state index contributed by atoms with van der Waals surface area (Å²) >= 11 is 0. The highest BCUT2D eigenvalue weighted by molar-refractivity contribution is 5.87. The number of aliphatic hydroxyl groups is 1. The summed E-state index contributed by atoms with van der Waals surface area (Å²) in [7, 11) is 0. The molecule has 0 heterocycles. The highest BCUT2D eigenvalue weighted by atomic mass is 16.5. The number of carbonyl (C=O) groups is 1. The van der Waals surface area contributed by atoms with E-state index in [9.17, 15) is 9.90 Å². The zero-order valence-electron chi connectivity index (χ0n) is 13.1. The first kappa shape index (κ1) is 16.0. The summed E-state index contributed by atoms with van der Waals surface area (Å²) in [5.41, 5.74) is 4.64. The van der Waals surface area contributed by atoms with Crippen molar-refractivity contribution in [3.05, 3.63) is 64.9 Å². The lowest BCUT2D eigenvalue weighted by Crippen LogP contribution is -2.05. The number of carbonyl (C=O) groups excluding carboxylic acids is 1. The maximum absolute atomic E-state index is 11.6. The number of esters is 1. The molecule has 3 nitrogen and oxygen atoms in total. The Kier molecular flexibility index (Phi) is 5.16. The maximum Gasteiger partial charge on any atom is 0.341 e. The number of hydrogen-bond donors (Lipinski definition) is 1. The topological polar surface area (TPSA) is 46.5 Å². The predicted molar refractivity (Wildman–Crippen MR) is 87.4 cm³/mol. The molecule has 0 aliphatic carbocycles. The van der Waals surface area contributed by atoms with Crippen molar-refractivity contribution in [3.63, 3.8) is 0 Å². The maximum atomic E-state index is 11.6. The first-order chi connectivity index (χ1) is 10.5. The largest absolute Gasteiger partial charge is 0.462 e. The van der Waals surface area contributed by atoms with Crippen molar-refractivity contribution in [2.24, 2.45) is 0 Å². The summed E-state index contributed by atoms with van der Waals surface area (Å²) in [6, 6.07) is 13.8. The Hall–Kier alpha value is -2.35. The van der Waals surface area contributed by atoms with Crippen LogP contribution in [0.15, 0.2) is 59.3 Å². The van der Waals surface area contributed by atoms with Crippen LogP contribution in [0.25, 0.3) is 10.8 Å². The number of benzene rings is 2. The minimum Gasteiger partial charge on any atom is -0.462 e. The molecule has 0 amide bonds. The zero-order valence-corrected chi connectivity index (χ0v) is 13.1. The summed E-state index contributed by atoms with van der Waals surface area (Å²) < 4.78 is 4.91. The minimum absolute atomic E-state index is 0.324. The molecule has 0 bridgehead atoms. The fourth-order valence-corrected chi connectivity index (χ4v) is 2.28. The monoisotopic (exact) mass is 296 g/mol. The van der Waals surface area contributed by atoms with Gasteiger partial charge in [-0.05, 0) is 43.2 Å². The van der Waals surface area contributed by atoms with Crippen LogP contribution in [0.1, 0.15) is 32.4 Å². The van der Waals surface area contributed by atoms with E-state index in [-0.39, 0.29) is 0 Å². The van der Waals surface area contributed by atoms with Crippen LogP contribution in [0.2, 0.25) is 0 Å². The van der Waals surface area contributed by atoms with Gasteiger partial charge in [-0.2, -0.15) is 0 Å². The van der Waals surface area contributed by atoms with Crippen LogP contribution in [-0.4, -0.2) is 17.7 Å². The van der Waals surface area contributed by atoms with E-state index in [1.165, 1.54) is 0 Å². The Morgan fingerprint density at radius 2 is 1.86 bits per heavy atom. The average molecular weight is 296 g/mol. The summed E-state index contributed by atoms with van der Waals surface area (Å²) in [4.78, 5) is 11.6. The van der Waals surface area contributed by atoms with Gasteiger partial charge in [0.25, 0.3) is 0 Å². The quantitative estimate of drug-likeness (QED) is 0.528. The molecule has 0 aromatic heterocycles. The number of aliphatic hydroxyl groups excluding tert-OH is 1. The number of hydrogen-bond acceptors (Lipinski definition) is 3. The van der Waals surface area contributed by atoms with Crippen LogP contribution in [0.3, 0.4) is 0 Å². The van der Waals surface area contributed by atoms with Crippen molar-refractivity contribution in [3.8, 4) is 0 Å². The third kappa shape index (κ3) is 3.64. The molecule has 3 heteroatoms. The molecule has 2 rings (SSSR count). The molecule has 0 fully saturated rings. The highest BCUT2D eigenvalue weighted by Gasteiger charge is 2.11. The lowest BCUT2D eigenvalue weighted by atomic mass is 9.99. The molecule has 0 saturated carbocycles. The second-order valence-electron chi connectivity index (χ2n) is 5.16. The molecule has 2 aromatic rings. The van der Waals surface area contributed by atoms with Crippen LogP contribution in [0, 0.1) is 0 Å². The van der Waals surface area contributed by atoms with Crippen molar-refractivity contribution in [1.29, 1.82) is 0 Å². The second-order valence-corrected chi connectivity index (χ2v) is 5.16. The van der Waals surface area contributed by atoms with Gasteiger partial charge >= 0.3 is 5.97 Å². The van der Waals surface area contributed by atoms with Gasteiger partial charge in [0.05, 0.1) is 12.2 Å². The van der Waals surface area contributed by atoms with Crippen LogP contribution in [-0.2, 0) is 9.53 Å². The zero-order chi connectivity index (χ0) is 16.1. The van der Waals surface area contributed by atoms with Gasteiger partial charge in [0, 0.05) is 5.57 Å². The van der Waals surface area contributed by atoms with E-state index in [1.807, 2.05) is 42.5 Å². The van der Waals surface area contributed by atoms with E-state index in [0.717, 1.165) is 16.3 Å². The molecule has 0 unspecified atom stereocenters. The average Bonchev–Trinajstić information content (AvgIpc) is 2.53. The summed E-state index contributed by atoms with van der Waals surface area (Å²) in [6.07, 6.45) is -0.797. The van der Waals surface area contributed by atoms with Crippen molar-refractivity contribution in [1.82, 2.24) is 0 Å². The SMILES string of the molecule is CCOC(=O)C(C)=C=C(C)[C@@H](O)c1ccc2ccccc2c1. The Morgan fingerprint density at radius 3 is 2.55 bits per heavy atom. The summed E-state index contributed by atoms with van der Waals surface area (Å²) in [5.74, 6) is -0.410.